The van der Waals surface area contributed by atoms with Crippen molar-refractivity contribution in [3.63, 3.8) is 0 Å². The van der Waals surface area contributed by atoms with Gasteiger partial charge in [0.1, 0.15) is 5.75 Å². The van der Waals surface area contributed by atoms with E-state index < -0.39 is 0 Å². The van der Waals surface area contributed by atoms with Crippen LogP contribution in [0, 0.1) is 17.3 Å². The fourth-order valence-electron chi connectivity index (χ4n) is 5.54. The number of fused-ring (bicyclic) bond motifs is 5. The van der Waals surface area contributed by atoms with E-state index >= 15 is 0 Å². The number of aliphatic hydroxyl groups excluding tert-OH is 1. The van der Waals surface area contributed by atoms with E-state index in [1.54, 1.807) is 0 Å². The summed E-state index contributed by atoms with van der Waals surface area (Å²) >= 11 is 0. The second-order valence-corrected chi connectivity index (χ2v) is 7.44. The Hall–Kier alpha value is -1.02. The Labute approximate surface area is 120 Å². The third-order valence-corrected chi connectivity index (χ3v) is 6.66. The maximum atomic E-state index is 10.4. The zero-order valence-electron chi connectivity index (χ0n) is 12.2. The van der Waals surface area contributed by atoms with Crippen molar-refractivity contribution in [2.45, 2.75) is 57.5 Å². The molecule has 2 heteroatoms. The molecule has 2 saturated carbocycles. The van der Waals surface area contributed by atoms with Gasteiger partial charge in [0.25, 0.3) is 0 Å². The molecule has 1 aromatic carbocycles. The van der Waals surface area contributed by atoms with Crippen LogP contribution in [0.4, 0.5) is 0 Å². The number of aromatic hydroxyl groups is 1. The molecule has 1 unspecified atom stereocenters. The number of phenols is 1. The first-order valence-electron chi connectivity index (χ1n) is 8.09. The number of benzene rings is 1. The van der Waals surface area contributed by atoms with Crippen LogP contribution in [0.1, 0.15) is 56.1 Å². The molecule has 2 fully saturated rings. The van der Waals surface area contributed by atoms with Crippen molar-refractivity contribution in [3.05, 3.63) is 29.3 Å². The smallest absolute Gasteiger partial charge is 0.115 e. The zero-order valence-corrected chi connectivity index (χ0v) is 12.2. The SMILES string of the molecule is C[C@]12CC[C@@H]3c4ccc(O)[14cH]c4CC[C@H]3[C@@H]1CCC2O. The van der Waals surface area contributed by atoms with Gasteiger partial charge < -0.3 is 10.2 Å². The molecule has 2 N–H and O–H groups in total. The van der Waals surface area contributed by atoms with Gasteiger partial charge in [0.2, 0.25) is 0 Å². The van der Waals surface area contributed by atoms with Crippen molar-refractivity contribution in [1.29, 1.82) is 0 Å². The fraction of sp³-hybridized carbons (Fsp3) is 0.667. The lowest BCUT2D eigenvalue weighted by molar-refractivity contribution is -0.0226. The second-order valence-electron chi connectivity index (χ2n) is 7.44. The molecular weight excluding hydrogens is 250 g/mol. The number of aliphatic hydroxyl groups is 1. The minimum Gasteiger partial charge on any atom is -0.508 e. The van der Waals surface area contributed by atoms with Gasteiger partial charge in [-0.05, 0) is 85.0 Å². The molecule has 0 bridgehead atoms. The minimum absolute atomic E-state index is 0.0883. The van der Waals surface area contributed by atoms with Crippen molar-refractivity contribution < 1.29 is 10.2 Å². The Kier molecular flexibility index (Phi) is 2.69. The molecule has 0 radical (unpaired) electrons. The van der Waals surface area contributed by atoms with Crippen LogP contribution in [0.5, 0.6) is 5.75 Å². The maximum absolute atomic E-state index is 10.4. The molecule has 0 aromatic heterocycles. The van der Waals surface area contributed by atoms with Crippen LogP contribution in [0.3, 0.4) is 0 Å². The van der Waals surface area contributed by atoms with Gasteiger partial charge >= 0.3 is 0 Å². The highest BCUT2D eigenvalue weighted by atomic mass is 16.3. The van der Waals surface area contributed by atoms with E-state index in [2.05, 4.69) is 13.0 Å². The molecule has 108 valence electrons. The molecule has 4 rings (SSSR count). The van der Waals surface area contributed by atoms with Crippen molar-refractivity contribution >= 4 is 0 Å². The molecule has 5 atom stereocenters. The molecule has 1 aromatic rings. The molecule has 2 nitrogen and oxygen atoms in total. The summed E-state index contributed by atoms with van der Waals surface area (Å²) in [6.45, 7) is 2.32. The van der Waals surface area contributed by atoms with Crippen molar-refractivity contribution in [1.82, 2.24) is 0 Å². The summed E-state index contributed by atoms with van der Waals surface area (Å²) < 4.78 is 0. The predicted molar refractivity (Wildman–Crippen MR) is 78.7 cm³/mol. The Balaban J connectivity index is 1.71. The molecular formula is C18H24O2. The van der Waals surface area contributed by atoms with E-state index in [4.69, 9.17) is 0 Å². The molecule has 3 aliphatic rings. The Morgan fingerprint density at radius 1 is 1.20 bits per heavy atom. The van der Waals surface area contributed by atoms with Gasteiger partial charge in [-0.2, -0.15) is 0 Å². The highest BCUT2D eigenvalue weighted by Crippen LogP contribution is 2.60. The summed E-state index contributed by atoms with van der Waals surface area (Å²) in [5.74, 6) is 2.49. The molecule has 20 heavy (non-hydrogen) atoms. The molecule has 0 heterocycles. The quantitative estimate of drug-likeness (QED) is 0.758. The topological polar surface area (TPSA) is 40.5 Å². The highest BCUT2D eigenvalue weighted by Gasteiger charge is 2.54. The number of phenolic OH excluding ortho intramolecular Hbond substituents is 1. The van der Waals surface area contributed by atoms with E-state index in [0.717, 1.165) is 25.2 Å². The third kappa shape index (κ3) is 1.60. The average Bonchev–Trinajstić information content (AvgIpc) is 2.74. The summed E-state index contributed by atoms with van der Waals surface area (Å²) in [6, 6.07) is 5.96. The lowest BCUT2D eigenvalue weighted by Gasteiger charge is -2.50. The first-order chi connectivity index (χ1) is 9.59. The van der Waals surface area contributed by atoms with Crippen molar-refractivity contribution in [2.24, 2.45) is 17.3 Å². The third-order valence-electron chi connectivity index (χ3n) is 6.66. The van der Waals surface area contributed by atoms with E-state index in [1.807, 2.05) is 12.1 Å². The van der Waals surface area contributed by atoms with Gasteiger partial charge in [0.05, 0.1) is 6.10 Å². The molecule has 0 spiro atoms. The molecule has 0 saturated heterocycles. The monoisotopic (exact) mass is 274 g/mol. The van der Waals surface area contributed by atoms with Gasteiger partial charge in [-0.15, -0.1) is 0 Å². The van der Waals surface area contributed by atoms with E-state index in [1.165, 1.54) is 30.4 Å². The Morgan fingerprint density at radius 3 is 2.90 bits per heavy atom. The van der Waals surface area contributed by atoms with Gasteiger partial charge in [0, 0.05) is 0 Å². The van der Waals surface area contributed by atoms with Crippen molar-refractivity contribution in [2.75, 3.05) is 0 Å². The second kappa shape index (κ2) is 4.24. The van der Waals surface area contributed by atoms with Crippen LogP contribution in [0.25, 0.3) is 0 Å². The van der Waals surface area contributed by atoms with Gasteiger partial charge in [-0.3, -0.25) is 0 Å². The van der Waals surface area contributed by atoms with E-state index in [-0.39, 0.29) is 11.5 Å². The van der Waals surface area contributed by atoms with Crippen LogP contribution in [0.15, 0.2) is 18.2 Å². The summed E-state index contributed by atoms with van der Waals surface area (Å²) in [5, 5.41) is 20.0. The van der Waals surface area contributed by atoms with Crippen LogP contribution >= 0.6 is 0 Å². The number of aryl methyl sites for hydroxylation is 1. The Morgan fingerprint density at radius 2 is 2.05 bits per heavy atom. The number of hydrogen-bond acceptors (Lipinski definition) is 2. The largest absolute Gasteiger partial charge is 0.508 e. The summed E-state index contributed by atoms with van der Waals surface area (Å²) in [6.07, 6.45) is 6.78. The van der Waals surface area contributed by atoms with Crippen LogP contribution in [-0.2, 0) is 6.42 Å². The van der Waals surface area contributed by atoms with Crippen LogP contribution in [-0.4, -0.2) is 16.3 Å². The molecule has 3 aliphatic carbocycles. The minimum atomic E-state index is -0.0883. The summed E-state index contributed by atoms with van der Waals surface area (Å²) in [5.41, 5.74) is 2.99. The van der Waals surface area contributed by atoms with Crippen molar-refractivity contribution in [3.8, 4) is 5.75 Å². The van der Waals surface area contributed by atoms with Gasteiger partial charge in [0.15, 0.2) is 0 Å². The summed E-state index contributed by atoms with van der Waals surface area (Å²) in [7, 11) is 0. The predicted octanol–water partition coefficient (Wildman–Crippen LogP) is 3.61. The number of rotatable bonds is 0. The maximum Gasteiger partial charge on any atom is 0.115 e. The van der Waals surface area contributed by atoms with Crippen LogP contribution in [0.2, 0.25) is 0 Å². The van der Waals surface area contributed by atoms with E-state index in [9.17, 15) is 10.2 Å². The van der Waals surface area contributed by atoms with Gasteiger partial charge in [-0.1, -0.05) is 13.0 Å². The standard InChI is InChI=1S/C18H24O2/c1-18-9-8-14-13-5-3-12(19)10-11(13)2-4-15(14)16(18)6-7-17(18)20/h3,5,10,14-17,19-20H,2,4,6-9H2,1H3/t14-,15-,16+,17?,18+/m1/s1/i10+2. The average molecular weight is 274 g/mol. The lowest BCUT2D eigenvalue weighted by Crippen LogP contribution is -2.43. The first-order valence-corrected chi connectivity index (χ1v) is 8.09. The van der Waals surface area contributed by atoms with Crippen LogP contribution < -0.4 is 0 Å². The molecule has 0 amide bonds. The Bertz CT molecular complexity index is 538. The number of hydrogen-bond donors (Lipinski definition) is 2. The van der Waals surface area contributed by atoms with Gasteiger partial charge in [-0.25, -0.2) is 0 Å². The summed E-state index contributed by atoms with van der Waals surface area (Å²) in [4.78, 5) is 0. The lowest BCUT2D eigenvalue weighted by atomic mass is 9.56. The normalized spacial score (nSPS) is 42.7. The zero-order chi connectivity index (χ0) is 13.9. The highest BCUT2D eigenvalue weighted by molar-refractivity contribution is 5.40. The molecule has 0 aliphatic heterocycles. The van der Waals surface area contributed by atoms with E-state index in [0.29, 0.717) is 17.6 Å². The fourth-order valence-corrected chi connectivity index (χ4v) is 5.54. The first kappa shape index (κ1) is 12.7.